The van der Waals surface area contributed by atoms with Gasteiger partial charge in [0, 0.05) is 36.6 Å². The molecule has 1 atom stereocenters. The van der Waals surface area contributed by atoms with Gasteiger partial charge in [0.25, 0.3) is 0 Å². The molecule has 1 aromatic rings. The second kappa shape index (κ2) is 5.54. The number of ether oxygens (including phenoxy) is 1. The molecule has 0 aromatic heterocycles. The number of carbonyl (C=O) groups excluding carboxylic acids is 1. The molecule has 2 aliphatic rings. The lowest BCUT2D eigenvalue weighted by Crippen LogP contribution is -2.35. The molecule has 5 heteroatoms. The number of amides is 2. The molecule has 1 fully saturated rings. The van der Waals surface area contributed by atoms with Crippen LogP contribution in [0, 0.1) is 0 Å². The molecular weight excluding hydrogens is 254 g/mol. The lowest BCUT2D eigenvalue weighted by molar-refractivity contribution is 0.112. The molecule has 2 amide bonds. The summed E-state index contributed by atoms with van der Waals surface area (Å²) in [5.74, 6) is 0. The topological polar surface area (TPSA) is 62.4 Å². The lowest BCUT2D eigenvalue weighted by atomic mass is 10.1. The number of hydrogen-bond donors (Lipinski definition) is 3. The number of fused-ring (bicyclic) bond motifs is 1. The highest BCUT2D eigenvalue weighted by atomic mass is 16.5. The molecular formula is C15H19N3O2. The van der Waals surface area contributed by atoms with Crippen molar-refractivity contribution < 1.29 is 9.53 Å². The fourth-order valence-corrected chi connectivity index (χ4v) is 2.58. The maximum atomic E-state index is 11.8. The predicted molar refractivity (Wildman–Crippen MR) is 78.9 cm³/mol. The number of hydrogen-bond acceptors (Lipinski definition) is 3. The van der Waals surface area contributed by atoms with Crippen molar-refractivity contribution in [3.05, 3.63) is 36.0 Å². The number of carbonyl (C=O) groups is 1. The third-order valence-electron chi connectivity index (χ3n) is 3.60. The molecule has 20 heavy (non-hydrogen) atoms. The van der Waals surface area contributed by atoms with Gasteiger partial charge in [0.2, 0.25) is 0 Å². The third-order valence-corrected chi connectivity index (χ3v) is 3.60. The standard InChI is InChI=1S/C15H19N3O2/c1-10-7-11-4-5-12(8-14(11)17-10)18-15(19)16-9-13-3-2-6-20-13/h4-5,8,13,17H,1-3,6-7,9H2,(H2,16,18,19). The lowest BCUT2D eigenvalue weighted by Gasteiger charge is -2.12. The third kappa shape index (κ3) is 2.93. The summed E-state index contributed by atoms with van der Waals surface area (Å²) in [4.78, 5) is 11.8. The van der Waals surface area contributed by atoms with Crippen LogP contribution in [0.4, 0.5) is 16.2 Å². The SMILES string of the molecule is C=C1Cc2ccc(NC(=O)NCC3CCCO3)cc2N1. The molecule has 0 spiro atoms. The molecule has 0 radical (unpaired) electrons. The summed E-state index contributed by atoms with van der Waals surface area (Å²) in [6, 6.07) is 5.65. The summed E-state index contributed by atoms with van der Waals surface area (Å²) in [5.41, 5.74) is 3.99. The van der Waals surface area contributed by atoms with Crippen LogP contribution < -0.4 is 16.0 Å². The molecule has 0 saturated carbocycles. The number of anilines is 2. The molecule has 1 aromatic carbocycles. The van der Waals surface area contributed by atoms with E-state index in [9.17, 15) is 4.79 Å². The van der Waals surface area contributed by atoms with Gasteiger partial charge in [0.05, 0.1) is 6.10 Å². The summed E-state index contributed by atoms with van der Waals surface area (Å²) < 4.78 is 5.46. The first-order chi connectivity index (χ1) is 9.70. The van der Waals surface area contributed by atoms with E-state index >= 15 is 0 Å². The smallest absolute Gasteiger partial charge is 0.319 e. The van der Waals surface area contributed by atoms with Gasteiger partial charge in [-0.05, 0) is 30.5 Å². The quantitative estimate of drug-likeness (QED) is 0.792. The summed E-state index contributed by atoms with van der Waals surface area (Å²) in [6.07, 6.45) is 3.10. The van der Waals surface area contributed by atoms with Crippen LogP contribution in [0.25, 0.3) is 0 Å². The van der Waals surface area contributed by atoms with Gasteiger partial charge in [-0.25, -0.2) is 4.79 Å². The van der Waals surface area contributed by atoms with Gasteiger partial charge in [-0.3, -0.25) is 0 Å². The molecule has 3 N–H and O–H groups in total. The van der Waals surface area contributed by atoms with E-state index in [1.807, 2.05) is 18.2 Å². The first-order valence-corrected chi connectivity index (χ1v) is 6.95. The van der Waals surface area contributed by atoms with Gasteiger partial charge in [0.1, 0.15) is 0 Å². The molecule has 2 heterocycles. The van der Waals surface area contributed by atoms with Gasteiger partial charge in [-0.2, -0.15) is 0 Å². The summed E-state index contributed by atoms with van der Waals surface area (Å²) in [7, 11) is 0. The molecule has 1 unspecified atom stereocenters. The zero-order valence-corrected chi connectivity index (χ0v) is 11.4. The van der Waals surface area contributed by atoms with Crippen molar-refractivity contribution >= 4 is 17.4 Å². The minimum absolute atomic E-state index is 0.158. The molecule has 3 rings (SSSR count). The minimum atomic E-state index is -0.197. The average Bonchev–Trinajstić information content (AvgIpc) is 3.04. The van der Waals surface area contributed by atoms with Gasteiger partial charge >= 0.3 is 6.03 Å². The maximum Gasteiger partial charge on any atom is 0.319 e. The van der Waals surface area contributed by atoms with Crippen LogP contribution in [0.5, 0.6) is 0 Å². The summed E-state index contributed by atoms with van der Waals surface area (Å²) >= 11 is 0. The van der Waals surface area contributed by atoms with Crippen LogP contribution in [0.15, 0.2) is 30.5 Å². The van der Waals surface area contributed by atoms with E-state index in [1.54, 1.807) is 0 Å². The summed E-state index contributed by atoms with van der Waals surface area (Å²) in [6.45, 7) is 5.27. The van der Waals surface area contributed by atoms with Crippen molar-refractivity contribution in [1.29, 1.82) is 0 Å². The fraction of sp³-hybridized carbons (Fsp3) is 0.400. The predicted octanol–water partition coefficient (Wildman–Crippen LogP) is 2.47. The number of benzene rings is 1. The van der Waals surface area contributed by atoms with Gasteiger partial charge < -0.3 is 20.7 Å². The Bertz CT molecular complexity index is 536. The monoisotopic (exact) mass is 273 g/mol. The van der Waals surface area contributed by atoms with Crippen molar-refractivity contribution in [2.75, 3.05) is 23.8 Å². The maximum absolute atomic E-state index is 11.8. The molecule has 1 saturated heterocycles. The van der Waals surface area contributed by atoms with E-state index in [4.69, 9.17) is 4.74 Å². The molecule has 0 aliphatic carbocycles. The second-order valence-electron chi connectivity index (χ2n) is 5.25. The van der Waals surface area contributed by atoms with E-state index < -0.39 is 0 Å². The second-order valence-corrected chi connectivity index (χ2v) is 5.25. The number of allylic oxidation sites excluding steroid dienone is 1. The molecule has 0 bridgehead atoms. The average molecular weight is 273 g/mol. The highest BCUT2D eigenvalue weighted by Crippen LogP contribution is 2.29. The van der Waals surface area contributed by atoms with E-state index in [0.29, 0.717) is 6.54 Å². The van der Waals surface area contributed by atoms with Crippen molar-refractivity contribution in [3.63, 3.8) is 0 Å². The Morgan fingerprint density at radius 2 is 2.40 bits per heavy atom. The zero-order chi connectivity index (χ0) is 13.9. The van der Waals surface area contributed by atoms with Gasteiger partial charge in [-0.15, -0.1) is 0 Å². The largest absolute Gasteiger partial charge is 0.376 e. The minimum Gasteiger partial charge on any atom is -0.376 e. The van der Waals surface area contributed by atoms with E-state index in [1.165, 1.54) is 5.56 Å². The van der Waals surface area contributed by atoms with E-state index in [-0.39, 0.29) is 12.1 Å². The van der Waals surface area contributed by atoms with Gasteiger partial charge in [0.15, 0.2) is 0 Å². The van der Waals surface area contributed by atoms with Crippen molar-refractivity contribution in [2.45, 2.75) is 25.4 Å². The van der Waals surface area contributed by atoms with Crippen LogP contribution in [-0.2, 0) is 11.2 Å². The Labute approximate surface area is 118 Å². The Morgan fingerprint density at radius 1 is 1.50 bits per heavy atom. The van der Waals surface area contributed by atoms with Crippen LogP contribution >= 0.6 is 0 Å². The van der Waals surface area contributed by atoms with Crippen LogP contribution in [-0.4, -0.2) is 25.3 Å². The highest BCUT2D eigenvalue weighted by molar-refractivity contribution is 5.90. The molecule has 106 valence electrons. The van der Waals surface area contributed by atoms with Crippen LogP contribution in [0.1, 0.15) is 18.4 Å². The Morgan fingerprint density at radius 3 is 3.20 bits per heavy atom. The Hall–Kier alpha value is -2.01. The molecule has 5 nitrogen and oxygen atoms in total. The Kier molecular flexibility index (Phi) is 3.60. The van der Waals surface area contributed by atoms with Crippen molar-refractivity contribution in [3.8, 4) is 0 Å². The van der Waals surface area contributed by atoms with Gasteiger partial charge in [-0.1, -0.05) is 12.6 Å². The number of nitrogens with one attached hydrogen (secondary N) is 3. The number of urea groups is 1. The molecule has 2 aliphatic heterocycles. The van der Waals surface area contributed by atoms with Crippen molar-refractivity contribution in [2.24, 2.45) is 0 Å². The first-order valence-electron chi connectivity index (χ1n) is 6.95. The fourth-order valence-electron chi connectivity index (χ4n) is 2.58. The zero-order valence-electron chi connectivity index (χ0n) is 11.4. The highest BCUT2D eigenvalue weighted by Gasteiger charge is 2.17. The number of rotatable bonds is 3. The normalized spacial score (nSPS) is 20.4. The van der Waals surface area contributed by atoms with Crippen LogP contribution in [0.2, 0.25) is 0 Å². The Balaban J connectivity index is 1.53. The summed E-state index contributed by atoms with van der Waals surface area (Å²) in [5, 5.41) is 8.87. The first kappa shape index (κ1) is 13.0. The van der Waals surface area contributed by atoms with Crippen molar-refractivity contribution in [1.82, 2.24) is 5.32 Å². The van der Waals surface area contributed by atoms with E-state index in [2.05, 4.69) is 22.5 Å². The van der Waals surface area contributed by atoms with E-state index in [0.717, 1.165) is 42.9 Å². The van der Waals surface area contributed by atoms with Crippen LogP contribution in [0.3, 0.4) is 0 Å².